The van der Waals surface area contributed by atoms with Gasteiger partial charge in [0, 0.05) is 5.69 Å². The van der Waals surface area contributed by atoms with Crippen molar-refractivity contribution in [2.24, 2.45) is 0 Å². The van der Waals surface area contributed by atoms with Gasteiger partial charge in [0.1, 0.15) is 11.5 Å². The number of rotatable bonds is 9. The number of hydrogen-bond acceptors (Lipinski definition) is 9. The van der Waals surface area contributed by atoms with Crippen LogP contribution in [0.25, 0.3) is 0 Å². The van der Waals surface area contributed by atoms with E-state index in [4.69, 9.17) is 14.2 Å². The van der Waals surface area contributed by atoms with Crippen molar-refractivity contribution in [2.75, 3.05) is 39.9 Å². The molecule has 0 aromatic heterocycles. The molecule has 1 N–H and O–H groups in total. The third-order valence-corrected chi connectivity index (χ3v) is 3.84. The van der Waals surface area contributed by atoms with Crippen LogP contribution in [0.5, 0.6) is 11.5 Å². The summed E-state index contributed by atoms with van der Waals surface area (Å²) < 4.78 is 24.4. The van der Waals surface area contributed by atoms with Gasteiger partial charge < -0.3 is 29.0 Å². The van der Waals surface area contributed by atoms with Crippen LogP contribution in [0.4, 0.5) is 5.69 Å². The van der Waals surface area contributed by atoms with E-state index in [2.05, 4.69) is 14.8 Å². The van der Waals surface area contributed by atoms with E-state index in [9.17, 15) is 19.2 Å². The molecule has 10 nitrogen and oxygen atoms in total. The van der Waals surface area contributed by atoms with Crippen LogP contribution in [0, 0.1) is 0 Å². The Morgan fingerprint density at radius 3 is 1.84 bits per heavy atom. The first-order valence-corrected chi connectivity index (χ1v) is 8.90. The van der Waals surface area contributed by atoms with Gasteiger partial charge in [-0.3, -0.25) is 4.79 Å². The summed E-state index contributed by atoms with van der Waals surface area (Å²) in [6.45, 7) is -0.995. The summed E-state index contributed by atoms with van der Waals surface area (Å²) in [5.41, 5.74) is 0.190. The van der Waals surface area contributed by atoms with Crippen LogP contribution in [0.1, 0.15) is 20.7 Å². The Bertz CT molecular complexity index is 920. The van der Waals surface area contributed by atoms with E-state index in [1.165, 1.54) is 39.5 Å². The van der Waals surface area contributed by atoms with Gasteiger partial charge in [-0.05, 0) is 42.5 Å². The van der Waals surface area contributed by atoms with Crippen LogP contribution in [-0.2, 0) is 23.8 Å². The number of benzene rings is 2. The van der Waals surface area contributed by atoms with Crippen LogP contribution < -0.4 is 14.8 Å². The maximum Gasteiger partial charge on any atom is 0.344 e. The highest BCUT2D eigenvalue weighted by Crippen LogP contribution is 2.18. The quantitative estimate of drug-likeness (QED) is 0.467. The predicted molar refractivity (Wildman–Crippen MR) is 107 cm³/mol. The van der Waals surface area contributed by atoms with E-state index in [-0.39, 0.29) is 16.8 Å². The van der Waals surface area contributed by atoms with Gasteiger partial charge >= 0.3 is 17.9 Å². The Morgan fingerprint density at radius 1 is 0.774 bits per heavy atom. The van der Waals surface area contributed by atoms with Crippen molar-refractivity contribution >= 4 is 29.5 Å². The summed E-state index contributed by atoms with van der Waals surface area (Å²) in [4.78, 5) is 47.4. The first-order valence-electron chi connectivity index (χ1n) is 8.90. The van der Waals surface area contributed by atoms with Gasteiger partial charge in [0.15, 0.2) is 13.2 Å². The number of amides is 1. The Morgan fingerprint density at radius 2 is 1.32 bits per heavy atom. The molecular formula is C21H21NO9. The lowest BCUT2D eigenvalue weighted by atomic mass is 10.1. The molecule has 1 amide bonds. The number of ether oxygens (including phenoxy) is 5. The predicted octanol–water partition coefficient (Wildman–Crippen LogP) is 1.83. The fraction of sp³-hybridized carbons (Fsp3) is 0.238. The van der Waals surface area contributed by atoms with Crippen molar-refractivity contribution in [3.63, 3.8) is 0 Å². The minimum Gasteiger partial charge on any atom is -0.497 e. The summed E-state index contributed by atoms with van der Waals surface area (Å²) in [7, 11) is 3.89. The van der Waals surface area contributed by atoms with Gasteiger partial charge in [0.2, 0.25) is 0 Å². The molecule has 10 heteroatoms. The van der Waals surface area contributed by atoms with Gasteiger partial charge in [-0.2, -0.15) is 0 Å². The summed E-state index contributed by atoms with van der Waals surface area (Å²) in [5, 5.41) is 2.44. The van der Waals surface area contributed by atoms with E-state index >= 15 is 0 Å². The number of carbonyl (C=O) groups excluding carboxylic acids is 4. The zero-order valence-corrected chi connectivity index (χ0v) is 17.1. The largest absolute Gasteiger partial charge is 0.497 e. The second kappa shape index (κ2) is 11.2. The van der Waals surface area contributed by atoms with Gasteiger partial charge in [-0.1, -0.05) is 0 Å². The molecule has 31 heavy (non-hydrogen) atoms. The highest BCUT2D eigenvalue weighted by atomic mass is 16.6. The molecule has 0 aliphatic heterocycles. The Hall–Kier alpha value is -4.08. The molecule has 164 valence electrons. The minimum absolute atomic E-state index is 0.0330. The molecule has 0 heterocycles. The fourth-order valence-electron chi connectivity index (χ4n) is 2.37. The average Bonchev–Trinajstić information content (AvgIpc) is 2.80. The molecule has 0 aliphatic rings. The maximum absolute atomic E-state index is 12.1. The molecule has 0 saturated carbocycles. The lowest BCUT2D eigenvalue weighted by Gasteiger charge is -2.10. The first kappa shape index (κ1) is 23.2. The Balaban J connectivity index is 1.91. The molecule has 0 radical (unpaired) electrons. The van der Waals surface area contributed by atoms with Crippen molar-refractivity contribution < 1.29 is 42.9 Å². The number of nitrogens with one attached hydrogen (secondary N) is 1. The number of hydrogen-bond donors (Lipinski definition) is 1. The van der Waals surface area contributed by atoms with Gasteiger partial charge in [-0.25, -0.2) is 14.4 Å². The number of anilines is 1. The van der Waals surface area contributed by atoms with E-state index in [1.807, 2.05) is 0 Å². The maximum atomic E-state index is 12.1. The lowest BCUT2D eigenvalue weighted by Crippen LogP contribution is -2.24. The van der Waals surface area contributed by atoms with E-state index in [0.29, 0.717) is 11.5 Å². The van der Waals surface area contributed by atoms with Crippen molar-refractivity contribution in [3.05, 3.63) is 53.6 Å². The van der Waals surface area contributed by atoms with E-state index < -0.39 is 37.0 Å². The molecule has 0 unspecified atom stereocenters. The second-order valence-corrected chi connectivity index (χ2v) is 5.96. The van der Waals surface area contributed by atoms with Crippen LogP contribution in [0.3, 0.4) is 0 Å². The lowest BCUT2D eigenvalue weighted by molar-refractivity contribution is -0.149. The molecule has 2 aromatic carbocycles. The number of esters is 3. The van der Waals surface area contributed by atoms with Crippen LogP contribution in [0.15, 0.2) is 42.5 Å². The normalized spacial score (nSPS) is 9.90. The molecule has 2 rings (SSSR count). The zero-order chi connectivity index (χ0) is 22.8. The van der Waals surface area contributed by atoms with Crippen molar-refractivity contribution in [2.45, 2.75) is 0 Å². The topological polar surface area (TPSA) is 126 Å². The zero-order valence-electron chi connectivity index (χ0n) is 17.1. The van der Waals surface area contributed by atoms with Gasteiger partial charge in [-0.15, -0.1) is 0 Å². The summed E-state index contributed by atoms with van der Waals surface area (Å²) in [6.07, 6.45) is 0. The van der Waals surface area contributed by atoms with Crippen LogP contribution >= 0.6 is 0 Å². The Kier molecular flexibility index (Phi) is 8.38. The molecule has 0 aliphatic carbocycles. The SMILES string of the molecule is COC(=O)c1cc(NC(=O)COC(=O)COc2ccc(OC)cc2)cc(C(=O)OC)c1. The fourth-order valence-corrected chi connectivity index (χ4v) is 2.37. The molecule has 0 fully saturated rings. The van der Waals surface area contributed by atoms with Gasteiger partial charge in [0.05, 0.1) is 32.5 Å². The second-order valence-electron chi connectivity index (χ2n) is 5.96. The monoisotopic (exact) mass is 431 g/mol. The third kappa shape index (κ3) is 7.03. The molecule has 0 bridgehead atoms. The van der Waals surface area contributed by atoms with Crippen LogP contribution in [0.2, 0.25) is 0 Å². The minimum atomic E-state index is -0.760. The van der Waals surface area contributed by atoms with Gasteiger partial charge in [0.25, 0.3) is 5.91 Å². The highest BCUT2D eigenvalue weighted by Gasteiger charge is 2.16. The van der Waals surface area contributed by atoms with Crippen molar-refractivity contribution in [1.29, 1.82) is 0 Å². The Labute approximate surface area is 178 Å². The standard InChI is InChI=1S/C21H21NO9/c1-27-16-4-6-17(7-5-16)30-12-19(24)31-11-18(23)22-15-9-13(20(25)28-2)8-14(10-15)21(26)29-3/h4-10H,11-12H2,1-3H3,(H,22,23). The van der Waals surface area contributed by atoms with Crippen LogP contribution in [-0.4, -0.2) is 58.4 Å². The first-order chi connectivity index (χ1) is 14.9. The smallest absolute Gasteiger partial charge is 0.344 e. The number of methoxy groups -OCH3 is 3. The molecule has 0 atom stereocenters. The summed E-state index contributed by atoms with van der Waals surface area (Å²) >= 11 is 0. The van der Waals surface area contributed by atoms with Crippen molar-refractivity contribution in [3.8, 4) is 11.5 Å². The summed E-state index contributed by atoms with van der Waals surface area (Å²) in [6, 6.07) is 10.5. The van der Waals surface area contributed by atoms with Crippen molar-refractivity contribution in [1.82, 2.24) is 0 Å². The highest BCUT2D eigenvalue weighted by molar-refractivity contribution is 6.00. The van der Waals surface area contributed by atoms with E-state index in [0.717, 1.165) is 0 Å². The molecular weight excluding hydrogens is 410 g/mol. The average molecular weight is 431 g/mol. The molecule has 0 spiro atoms. The summed E-state index contributed by atoms with van der Waals surface area (Å²) in [5.74, 6) is -1.79. The van der Waals surface area contributed by atoms with E-state index in [1.54, 1.807) is 24.3 Å². The molecule has 2 aromatic rings. The number of carbonyl (C=O) groups is 4. The third-order valence-electron chi connectivity index (χ3n) is 3.84. The molecule has 0 saturated heterocycles.